The number of carboxylic acids is 1. The van der Waals surface area contributed by atoms with E-state index >= 15 is 0 Å². The van der Waals surface area contributed by atoms with Crippen LogP contribution in [0.15, 0.2) is 48.5 Å². The van der Waals surface area contributed by atoms with E-state index in [-0.39, 0.29) is 37.2 Å². The number of aryl methyl sites for hydroxylation is 1. The van der Waals surface area contributed by atoms with E-state index in [1.807, 2.05) is 30.3 Å². The molecule has 1 heterocycles. The SMILES string of the molecule is O=C(c1ccc(O)cc1F)N1CC[C@H](O)[C@](CCCc2ccccc2)(C(=O)O)C1. The Kier molecular flexibility index (Phi) is 6.17. The fourth-order valence-electron chi connectivity index (χ4n) is 3.92. The summed E-state index contributed by atoms with van der Waals surface area (Å²) in [6.07, 6.45) is 0.388. The van der Waals surface area contributed by atoms with Gasteiger partial charge >= 0.3 is 5.97 Å². The highest BCUT2D eigenvalue weighted by Gasteiger charge is 2.49. The van der Waals surface area contributed by atoms with Gasteiger partial charge in [0.15, 0.2) is 0 Å². The van der Waals surface area contributed by atoms with Gasteiger partial charge in [0.05, 0.1) is 11.7 Å². The van der Waals surface area contributed by atoms with Gasteiger partial charge in [-0.1, -0.05) is 30.3 Å². The van der Waals surface area contributed by atoms with Crippen LogP contribution in [0.25, 0.3) is 0 Å². The van der Waals surface area contributed by atoms with Crippen molar-refractivity contribution in [2.45, 2.75) is 31.8 Å². The lowest BCUT2D eigenvalue weighted by Crippen LogP contribution is -2.57. The first-order valence-corrected chi connectivity index (χ1v) is 9.57. The Balaban J connectivity index is 1.77. The van der Waals surface area contributed by atoms with Gasteiger partial charge in [-0.15, -0.1) is 0 Å². The molecule has 0 bridgehead atoms. The zero-order valence-electron chi connectivity index (χ0n) is 15.9. The second-order valence-electron chi connectivity index (χ2n) is 7.50. The number of phenols is 1. The van der Waals surface area contributed by atoms with Crippen LogP contribution < -0.4 is 0 Å². The minimum Gasteiger partial charge on any atom is -0.508 e. The summed E-state index contributed by atoms with van der Waals surface area (Å²) in [5.41, 5.74) is -0.670. The molecule has 6 nitrogen and oxygen atoms in total. The standard InChI is InChI=1S/C22H24FNO5/c23-18-13-16(25)8-9-17(18)20(27)24-12-10-19(26)22(14-24,21(28)29)11-4-7-15-5-2-1-3-6-15/h1-3,5-6,8-9,13,19,25-26H,4,7,10-12,14H2,(H,28,29)/t19-,22+/m0/s1. The van der Waals surface area contributed by atoms with Crippen LogP contribution in [-0.4, -0.2) is 51.3 Å². The molecular weight excluding hydrogens is 377 g/mol. The van der Waals surface area contributed by atoms with E-state index in [1.54, 1.807) is 0 Å². The van der Waals surface area contributed by atoms with Gasteiger partial charge < -0.3 is 20.2 Å². The maximum Gasteiger partial charge on any atom is 0.314 e. The monoisotopic (exact) mass is 401 g/mol. The van der Waals surface area contributed by atoms with Crippen LogP contribution in [0.3, 0.4) is 0 Å². The molecule has 1 fully saturated rings. The number of hydrogen-bond acceptors (Lipinski definition) is 4. The number of aliphatic hydroxyl groups excluding tert-OH is 1. The number of carboxylic acid groups (broad SMARTS) is 1. The van der Waals surface area contributed by atoms with Crippen molar-refractivity contribution in [2.75, 3.05) is 13.1 Å². The molecule has 1 aliphatic rings. The van der Waals surface area contributed by atoms with Crippen molar-refractivity contribution in [1.29, 1.82) is 0 Å². The van der Waals surface area contributed by atoms with Crippen LogP contribution in [0.4, 0.5) is 4.39 Å². The number of carbonyl (C=O) groups excluding carboxylic acids is 1. The third-order valence-electron chi connectivity index (χ3n) is 5.61. The number of aromatic hydroxyl groups is 1. The zero-order valence-corrected chi connectivity index (χ0v) is 15.9. The van der Waals surface area contributed by atoms with E-state index in [0.29, 0.717) is 12.8 Å². The summed E-state index contributed by atoms with van der Waals surface area (Å²) in [6.45, 7) is -0.0640. The number of piperidine rings is 1. The third kappa shape index (κ3) is 4.40. The van der Waals surface area contributed by atoms with Crippen molar-refractivity contribution < 1.29 is 29.3 Å². The Morgan fingerprint density at radius 1 is 1.17 bits per heavy atom. The normalized spacial score (nSPS) is 21.7. The first-order valence-electron chi connectivity index (χ1n) is 9.57. The summed E-state index contributed by atoms with van der Waals surface area (Å²) in [5.74, 6) is -2.98. The molecule has 2 aromatic carbocycles. The number of likely N-dealkylation sites (tertiary alicyclic amines) is 1. The van der Waals surface area contributed by atoms with Crippen molar-refractivity contribution in [3.8, 4) is 5.75 Å². The molecule has 0 spiro atoms. The third-order valence-corrected chi connectivity index (χ3v) is 5.61. The summed E-state index contributed by atoms with van der Waals surface area (Å²) in [4.78, 5) is 26.2. The number of nitrogens with zero attached hydrogens (tertiary/aromatic N) is 1. The molecule has 3 rings (SSSR count). The number of aliphatic carboxylic acids is 1. The second-order valence-corrected chi connectivity index (χ2v) is 7.50. The van der Waals surface area contributed by atoms with Gasteiger partial charge in [-0.3, -0.25) is 9.59 Å². The Morgan fingerprint density at radius 2 is 1.90 bits per heavy atom. The summed E-state index contributed by atoms with van der Waals surface area (Å²) in [7, 11) is 0. The van der Waals surface area contributed by atoms with Crippen molar-refractivity contribution in [1.82, 2.24) is 4.90 Å². The molecule has 0 unspecified atom stereocenters. The van der Waals surface area contributed by atoms with Gasteiger partial charge in [0.2, 0.25) is 0 Å². The fraction of sp³-hybridized carbons (Fsp3) is 0.364. The van der Waals surface area contributed by atoms with E-state index < -0.39 is 29.2 Å². The van der Waals surface area contributed by atoms with E-state index in [0.717, 1.165) is 11.6 Å². The molecule has 2 aromatic rings. The largest absolute Gasteiger partial charge is 0.508 e. The molecule has 0 saturated carbocycles. The predicted octanol–water partition coefficient (Wildman–Crippen LogP) is 2.83. The molecule has 2 atom stereocenters. The summed E-state index contributed by atoms with van der Waals surface area (Å²) in [5, 5.41) is 29.8. The minimum absolute atomic E-state index is 0.100. The molecular formula is C22H24FNO5. The van der Waals surface area contributed by atoms with Crippen molar-refractivity contribution in [3.05, 3.63) is 65.5 Å². The number of aliphatic hydroxyl groups is 1. The highest BCUT2D eigenvalue weighted by molar-refractivity contribution is 5.95. The number of carbonyl (C=O) groups is 2. The average Bonchev–Trinajstić information content (AvgIpc) is 2.69. The molecule has 1 amide bonds. The molecule has 7 heteroatoms. The minimum atomic E-state index is -1.50. The molecule has 1 aliphatic heterocycles. The lowest BCUT2D eigenvalue weighted by Gasteiger charge is -2.43. The quantitative estimate of drug-likeness (QED) is 0.692. The fourth-order valence-corrected chi connectivity index (χ4v) is 3.92. The van der Waals surface area contributed by atoms with Crippen LogP contribution in [0.1, 0.15) is 35.2 Å². The molecule has 1 saturated heterocycles. The predicted molar refractivity (Wildman–Crippen MR) is 104 cm³/mol. The van der Waals surface area contributed by atoms with Crippen molar-refractivity contribution in [2.24, 2.45) is 5.41 Å². The van der Waals surface area contributed by atoms with Gasteiger partial charge in [0.1, 0.15) is 17.0 Å². The van der Waals surface area contributed by atoms with Crippen LogP contribution in [0.5, 0.6) is 5.75 Å². The highest BCUT2D eigenvalue weighted by Crippen LogP contribution is 2.37. The maximum absolute atomic E-state index is 14.1. The van der Waals surface area contributed by atoms with Gasteiger partial charge in [-0.05, 0) is 43.4 Å². The zero-order chi connectivity index (χ0) is 21.0. The second kappa shape index (κ2) is 8.61. The number of rotatable bonds is 6. The smallest absolute Gasteiger partial charge is 0.314 e. The van der Waals surface area contributed by atoms with E-state index in [1.165, 1.54) is 17.0 Å². The van der Waals surface area contributed by atoms with E-state index in [4.69, 9.17) is 0 Å². The number of halogens is 1. The molecule has 154 valence electrons. The van der Waals surface area contributed by atoms with Gasteiger partial charge in [-0.25, -0.2) is 4.39 Å². The number of benzene rings is 2. The maximum atomic E-state index is 14.1. The molecule has 0 radical (unpaired) electrons. The molecule has 0 aliphatic carbocycles. The van der Waals surface area contributed by atoms with Crippen LogP contribution in [0, 0.1) is 11.2 Å². The number of amides is 1. The Labute approximate surface area is 168 Å². The topological polar surface area (TPSA) is 98.1 Å². The molecule has 29 heavy (non-hydrogen) atoms. The summed E-state index contributed by atoms with van der Waals surface area (Å²) < 4.78 is 14.1. The van der Waals surface area contributed by atoms with Crippen LogP contribution in [-0.2, 0) is 11.2 Å². The Bertz CT molecular complexity index is 888. The van der Waals surface area contributed by atoms with E-state index in [9.17, 15) is 29.3 Å². The van der Waals surface area contributed by atoms with Crippen LogP contribution in [0.2, 0.25) is 0 Å². The lowest BCUT2D eigenvalue weighted by atomic mass is 9.73. The van der Waals surface area contributed by atoms with Gasteiger partial charge in [-0.2, -0.15) is 0 Å². The average molecular weight is 401 g/mol. The molecule has 0 aromatic heterocycles. The first-order chi connectivity index (χ1) is 13.8. The van der Waals surface area contributed by atoms with Crippen molar-refractivity contribution in [3.63, 3.8) is 0 Å². The summed E-state index contributed by atoms with van der Waals surface area (Å²) in [6, 6.07) is 12.8. The first kappa shape index (κ1) is 20.8. The van der Waals surface area contributed by atoms with Gasteiger partial charge in [0.25, 0.3) is 5.91 Å². The molecule has 3 N–H and O–H groups in total. The lowest BCUT2D eigenvalue weighted by molar-refractivity contribution is -0.162. The van der Waals surface area contributed by atoms with Crippen LogP contribution >= 0.6 is 0 Å². The number of phenolic OH excluding ortho intramolecular Hbond substituents is 1. The highest BCUT2D eigenvalue weighted by atomic mass is 19.1. The van der Waals surface area contributed by atoms with Gasteiger partial charge in [0, 0.05) is 19.2 Å². The van der Waals surface area contributed by atoms with Crippen molar-refractivity contribution >= 4 is 11.9 Å². The Morgan fingerprint density at radius 3 is 2.55 bits per heavy atom. The van der Waals surface area contributed by atoms with E-state index in [2.05, 4.69) is 0 Å². The summed E-state index contributed by atoms with van der Waals surface area (Å²) >= 11 is 0. The number of hydrogen-bond donors (Lipinski definition) is 3. The Hall–Kier alpha value is -2.93.